The van der Waals surface area contributed by atoms with Gasteiger partial charge in [0.15, 0.2) is 0 Å². The molecular weight excluding hydrogens is 452 g/mol. The zero-order valence-electron chi connectivity index (χ0n) is 17.7. The minimum atomic E-state index is -3.94. The third-order valence-corrected chi connectivity index (χ3v) is 6.65. The summed E-state index contributed by atoms with van der Waals surface area (Å²) in [5, 5.41) is 0.393. The van der Waals surface area contributed by atoms with Gasteiger partial charge in [0.05, 0.1) is 16.5 Å². The highest BCUT2D eigenvalue weighted by atomic mass is 35.5. The summed E-state index contributed by atoms with van der Waals surface area (Å²) in [6, 6.07) is 15.7. The van der Waals surface area contributed by atoms with Gasteiger partial charge in [-0.15, -0.1) is 0 Å². The zero-order valence-corrected chi connectivity index (χ0v) is 19.3. The molecule has 0 fully saturated rings. The van der Waals surface area contributed by atoms with Crippen molar-refractivity contribution in [2.24, 2.45) is 0 Å². The van der Waals surface area contributed by atoms with Gasteiger partial charge in [-0.2, -0.15) is 4.72 Å². The number of hydrogen-bond acceptors (Lipinski definition) is 4. The maximum Gasteiger partial charge on any atom is 0.271 e. The van der Waals surface area contributed by atoms with E-state index in [2.05, 4.69) is 15.6 Å². The predicted molar refractivity (Wildman–Crippen MR) is 122 cm³/mol. The van der Waals surface area contributed by atoms with Crippen molar-refractivity contribution >= 4 is 33.4 Å². The second kappa shape index (κ2) is 9.56. The van der Waals surface area contributed by atoms with E-state index < -0.39 is 27.9 Å². The summed E-state index contributed by atoms with van der Waals surface area (Å²) in [5.41, 5.74) is 7.47. The van der Waals surface area contributed by atoms with Gasteiger partial charge in [-0.1, -0.05) is 29.8 Å². The summed E-state index contributed by atoms with van der Waals surface area (Å²) >= 11 is 5.78. The lowest BCUT2D eigenvalue weighted by Gasteiger charge is -2.15. The van der Waals surface area contributed by atoms with Gasteiger partial charge < -0.3 is 4.57 Å². The Bertz CT molecular complexity index is 1240. The summed E-state index contributed by atoms with van der Waals surface area (Å²) in [7, 11) is -3.94. The Balaban J connectivity index is 1.65. The second-order valence-corrected chi connectivity index (χ2v) is 9.35. The summed E-state index contributed by atoms with van der Waals surface area (Å²) in [4.78, 5) is 25.0. The van der Waals surface area contributed by atoms with E-state index in [1.807, 2.05) is 41.8 Å². The number of aromatic nitrogens is 1. The largest absolute Gasteiger partial charge is 0.318 e. The van der Waals surface area contributed by atoms with Crippen molar-refractivity contribution in [2.75, 3.05) is 0 Å². The lowest BCUT2D eigenvalue weighted by atomic mass is 10.2. The van der Waals surface area contributed by atoms with Gasteiger partial charge in [0.25, 0.3) is 11.8 Å². The van der Waals surface area contributed by atoms with E-state index >= 15 is 0 Å². The number of carbonyl (C=O) groups is 2. The molecule has 0 saturated heterocycles. The van der Waals surface area contributed by atoms with E-state index in [-0.39, 0.29) is 4.90 Å². The molecule has 32 heavy (non-hydrogen) atoms. The third kappa shape index (κ3) is 5.18. The number of nitrogens with one attached hydrogen (secondary N) is 3. The lowest BCUT2D eigenvalue weighted by Crippen LogP contribution is -2.51. The molecular formula is C22H23ClN4O4S. The molecule has 2 amide bonds. The van der Waals surface area contributed by atoms with E-state index in [4.69, 9.17) is 11.6 Å². The standard InChI is InChI=1S/C22H23ClN4O4S/c1-14-13-20(16(3)27(14)18-7-5-4-6-8-18)22(29)25-24-21(28)15(2)26-32(30,31)19-11-9-17(23)10-12-19/h4-13,15,26H,1-3H3,(H,24,28)(H,25,29)/t15-/m0/s1. The SMILES string of the molecule is Cc1cc(C(=O)NNC(=O)[C@H](C)NS(=O)(=O)c2ccc(Cl)cc2)c(C)n1-c1ccccc1. The molecule has 8 nitrogen and oxygen atoms in total. The Morgan fingerprint density at radius 2 is 1.59 bits per heavy atom. The Morgan fingerprint density at radius 3 is 2.22 bits per heavy atom. The van der Waals surface area contributed by atoms with Gasteiger partial charge in [0, 0.05) is 22.1 Å². The van der Waals surface area contributed by atoms with E-state index in [0.29, 0.717) is 16.3 Å². The fourth-order valence-corrected chi connectivity index (χ4v) is 4.56. The highest BCUT2D eigenvalue weighted by Crippen LogP contribution is 2.20. The second-order valence-electron chi connectivity index (χ2n) is 7.20. The molecule has 168 valence electrons. The predicted octanol–water partition coefficient (Wildman–Crippen LogP) is 2.88. The number of nitrogens with zero attached hydrogens (tertiary/aromatic N) is 1. The van der Waals surface area contributed by atoms with Gasteiger partial charge in [-0.05, 0) is 63.2 Å². The number of amides is 2. The molecule has 1 atom stereocenters. The molecule has 0 unspecified atom stereocenters. The maximum absolute atomic E-state index is 12.6. The fraction of sp³-hybridized carbons (Fsp3) is 0.182. The van der Waals surface area contributed by atoms with Crippen LogP contribution in [0.4, 0.5) is 0 Å². The molecule has 0 bridgehead atoms. The topological polar surface area (TPSA) is 109 Å². The first kappa shape index (κ1) is 23.5. The molecule has 1 heterocycles. The molecule has 0 aliphatic rings. The molecule has 0 radical (unpaired) electrons. The van der Waals surface area contributed by atoms with Crippen LogP contribution in [0, 0.1) is 13.8 Å². The number of aryl methyl sites for hydroxylation is 1. The van der Waals surface area contributed by atoms with E-state index in [1.54, 1.807) is 13.0 Å². The van der Waals surface area contributed by atoms with Crippen molar-refractivity contribution in [1.29, 1.82) is 0 Å². The van der Waals surface area contributed by atoms with Gasteiger partial charge in [-0.3, -0.25) is 20.4 Å². The molecule has 3 aromatic rings. The number of hydrogen-bond donors (Lipinski definition) is 3. The summed E-state index contributed by atoms with van der Waals surface area (Å²) in [6.07, 6.45) is 0. The van der Waals surface area contributed by atoms with Crippen LogP contribution in [0.5, 0.6) is 0 Å². The highest BCUT2D eigenvalue weighted by molar-refractivity contribution is 7.89. The average Bonchev–Trinajstić information content (AvgIpc) is 3.06. The summed E-state index contributed by atoms with van der Waals surface area (Å²) in [5.74, 6) is -1.23. The van der Waals surface area contributed by atoms with Crippen LogP contribution in [-0.2, 0) is 14.8 Å². The van der Waals surface area contributed by atoms with Gasteiger partial charge in [0.2, 0.25) is 10.0 Å². The van der Waals surface area contributed by atoms with Crippen molar-refractivity contribution in [3.05, 3.63) is 82.6 Å². The van der Waals surface area contributed by atoms with Crippen LogP contribution in [0.2, 0.25) is 5.02 Å². The first-order valence-electron chi connectivity index (χ1n) is 9.72. The van der Waals surface area contributed by atoms with Crippen LogP contribution in [0.1, 0.15) is 28.7 Å². The third-order valence-electron chi connectivity index (χ3n) is 4.84. The van der Waals surface area contributed by atoms with Crippen molar-refractivity contribution in [2.45, 2.75) is 31.7 Å². The number of benzene rings is 2. The number of carbonyl (C=O) groups excluding carboxylic acids is 2. The van der Waals surface area contributed by atoms with Crippen molar-refractivity contribution < 1.29 is 18.0 Å². The van der Waals surface area contributed by atoms with E-state index in [0.717, 1.165) is 11.4 Å². The summed E-state index contributed by atoms with van der Waals surface area (Å²) in [6.45, 7) is 5.05. The zero-order chi connectivity index (χ0) is 23.5. The van der Waals surface area contributed by atoms with Crippen LogP contribution < -0.4 is 15.6 Å². The maximum atomic E-state index is 12.6. The first-order chi connectivity index (χ1) is 15.1. The minimum absolute atomic E-state index is 0.0288. The minimum Gasteiger partial charge on any atom is -0.318 e. The molecule has 10 heteroatoms. The molecule has 0 spiro atoms. The Morgan fingerprint density at radius 1 is 0.969 bits per heavy atom. The molecule has 3 N–H and O–H groups in total. The van der Waals surface area contributed by atoms with Gasteiger partial charge in [-0.25, -0.2) is 8.42 Å². The highest BCUT2D eigenvalue weighted by Gasteiger charge is 2.23. The number of hydrazine groups is 1. The van der Waals surface area contributed by atoms with Crippen molar-refractivity contribution in [3.8, 4) is 5.69 Å². The number of rotatable bonds is 6. The fourth-order valence-electron chi connectivity index (χ4n) is 3.23. The smallest absolute Gasteiger partial charge is 0.271 e. The Hall–Kier alpha value is -3.14. The van der Waals surface area contributed by atoms with Crippen LogP contribution >= 0.6 is 11.6 Å². The summed E-state index contributed by atoms with van der Waals surface area (Å²) < 4.78 is 29.0. The lowest BCUT2D eigenvalue weighted by molar-refractivity contribution is -0.123. The van der Waals surface area contributed by atoms with Crippen LogP contribution in [0.25, 0.3) is 5.69 Å². The van der Waals surface area contributed by atoms with Crippen LogP contribution in [0.15, 0.2) is 65.6 Å². The Labute approximate surface area is 191 Å². The molecule has 1 aromatic heterocycles. The average molecular weight is 475 g/mol. The van der Waals surface area contributed by atoms with Gasteiger partial charge >= 0.3 is 0 Å². The number of halogens is 1. The van der Waals surface area contributed by atoms with Crippen molar-refractivity contribution in [1.82, 2.24) is 20.1 Å². The molecule has 0 saturated carbocycles. The Kier molecular flexibility index (Phi) is 7.02. The molecule has 2 aromatic carbocycles. The first-order valence-corrected chi connectivity index (χ1v) is 11.6. The normalized spacial score (nSPS) is 12.2. The quantitative estimate of drug-likeness (QED) is 0.477. The molecule has 0 aliphatic carbocycles. The van der Waals surface area contributed by atoms with E-state index in [1.165, 1.54) is 31.2 Å². The molecule has 0 aliphatic heterocycles. The number of para-hydroxylation sites is 1. The van der Waals surface area contributed by atoms with E-state index in [9.17, 15) is 18.0 Å². The van der Waals surface area contributed by atoms with Gasteiger partial charge in [0.1, 0.15) is 0 Å². The monoisotopic (exact) mass is 474 g/mol. The van der Waals surface area contributed by atoms with Crippen molar-refractivity contribution in [3.63, 3.8) is 0 Å². The van der Waals surface area contributed by atoms with Crippen LogP contribution in [0.3, 0.4) is 0 Å². The molecule has 3 rings (SSSR count). The number of sulfonamides is 1. The van der Waals surface area contributed by atoms with Crippen LogP contribution in [-0.4, -0.2) is 30.8 Å².